The van der Waals surface area contributed by atoms with Crippen LogP contribution in [0.1, 0.15) is 10.4 Å². The fourth-order valence-electron chi connectivity index (χ4n) is 1.37. The summed E-state index contributed by atoms with van der Waals surface area (Å²) in [6.07, 6.45) is 0. The molecule has 20 heavy (non-hydrogen) atoms. The molecule has 1 amide bonds. The predicted octanol–water partition coefficient (Wildman–Crippen LogP) is 2.01. The zero-order chi connectivity index (χ0) is 15.1. The Morgan fingerprint density at radius 1 is 1.40 bits per heavy atom. The highest BCUT2D eigenvalue weighted by atomic mass is 79.9. The van der Waals surface area contributed by atoms with Gasteiger partial charge in [-0.3, -0.25) is 14.9 Å². The molecule has 1 aromatic rings. The van der Waals surface area contributed by atoms with E-state index in [9.17, 15) is 23.7 Å². The summed E-state index contributed by atoms with van der Waals surface area (Å²) >= 11 is 3.13. The molecule has 0 aliphatic heterocycles. The zero-order valence-corrected chi connectivity index (χ0v) is 11.8. The summed E-state index contributed by atoms with van der Waals surface area (Å²) in [6.45, 7) is 0.623. The number of nitrogens with one attached hydrogen (secondary N) is 1. The van der Waals surface area contributed by atoms with Crippen LogP contribution in [-0.4, -0.2) is 35.9 Å². The van der Waals surface area contributed by atoms with Gasteiger partial charge >= 0.3 is 5.69 Å². The first-order valence-electron chi connectivity index (χ1n) is 5.53. The zero-order valence-electron chi connectivity index (χ0n) is 10.2. The van der Waals surface area contributed by atoms with E-state index in [0.29, 0.717) is 24.1 Å². The molecule has 0 spiro atoms. The van der Waals surface area contributed by atoms with Gasteiger partial charge < -0.3 is 10.1 Å². The lowest BCUT2D eigenvalue weighted by Crippen LogP contribution is -2.29. The molecule has 0 aliphatic rings. The van der Waals surface area contributed by atoms with Crippen LogP contribution in [-0.2, 0) is 4.74 Å². The Kier molecular flexibility index (Phi) is 6.46. The molecule has 0 heterocycles. The Morgan fingerprint density at radius 2 is 2.10 bits per heavy atom. The van der Waals surface area contributed by atoms with Crippen LogP contribution in [0, 0.1) is 21.7 Å². The van der Waals surface area contributed by atoms with Crippen molar-refractivity contribution in [3.8, 4) is 0 Å². The highest BCUT2D eigenvalue weighted by molar-refractivity contribution is 9.09. The fraction of sp³-hybridized carbons (Fsp3) is 0.364. The third-order valence-electron chi connectivity index (χ3n) is 2.25. The van der Waals surface area contributed by atoms with E-state index in [1.165, 1.54) is 0 Å². The summed E-state index contributed by atoms with van der Waals surface area (Å²) in [7, 11) is 0. The molecule has 0 aliphatic carbocycles. The summed E-state index contributed by atoms with van der Waals surface area (Å²) in [5, 5.41) is 13.4. The van der Waals surface area contributed by atoms with E-state index >= 15 is 0 Å². The molecule has 1 aromatic carbocycles. The van der Waals surface area contributed by atoms with Gasteiger partial charge in [-0.15, -0.1) is 0 Å². The predicted molar refractivity (Wildman–Crippen MR) is 70.0 cm³/mol. The van der Waals surface area contributed by atoms with E-state index < -0.39 is 33.7 Å². The summed E-state index contributed by atoms with van der Waals surface area (Å²) in [4.78, 5) is 21.1. The molecule has 6 nitrogen and oxygen atoms in total. The molecule has 0 unspecified atom stereocenters. The maximum absolute atomic E-state index is 13.7. The largest absolute Gasteiger partial charge is 0.379 e. The number of nitro benzene ring substituents is 1. The molecule has 1 N–H and O–H groups in total. The topological polar surface area (TPSA) is 81.5 Å². The van der Waals surface area contributed by atoms with E-state index in [2.05, 4.69) is 21.2 Å². The van der Waals surface area contributed by atoms with E-state index in [0.717, 1.165) is 0 Å². The minimum Gasteiger partial charge on any atom is -0.379 e. The molecule has 0 saturated heterocycles. The number of hydrogen-bond acceptors (Lipinski definition) is 4. The average Bonchev–Trinajstić information content (AvgIpc) is 2.38. The molecule has 0 radical (unpaired) electrons. The van der Waals surface area contributed by atoms with Gasteiger partial charge in [-0.05, 0) is 6.07 Å². The number of hydrogen-bond donors (Lipinski definition) is 1. The lowest BCUT2D eigenvalue weighted by molar-refractivity contribution is -0.387. The van der Waals surface area contributed by atoms with Gasteiger partial charge in [-0.25, -0.2) is 4.39 Å². The maximum atomic E-state index is 13.7. The average molecular weight is 353 g/mol. The van der Waals surface area contributed by atoms with E-state index in [1.807, 2.05) is 0 Å². The summed E-state index contributed by atoms with van der Waals surface area (Å²) in [5.41, 5.74) is -1.92. The number of carbonyl (C=O) groups is 1. The minimum atomic E-state index is -1.49. The third-order valence-corrected chi connectivity index (χ3v) is 2.57. The second-order valence-corrected chi connectivity index (χ2v) is 4.36. The first-order chi connectivity index (χ1) is 9.49. The highest BCUT2D eigenvalue weighted by Gasteiger charge is 2.25. The van der Waals surface area contributed by atoms with Gasteiger partial charge in [0, 0.05) is 17.9 Å². The summed E-state index contributed by atoms with van der Waals surface area (Å²) in [6, 6.07) is 1.35. The van der Waals surface area contributed by atoms with Gasteiger partial charge in [0.15, 0.2) is 0 Å². The van der Waals surface area contributed by atoms with Crippen LogP contribution in [0.5, 0.6) is 0 Å². The molecule has 0 atom stereocenters. The van der Waals surface area contributed by atoms with Crippen molar-refractivity contribution >= 4 is 27.5 Å². The van der Waals surface area contributed by atoms with Crippen molar-refractivity contribution in [2.24, 2.45) is 0 Å². The van der Waals surface area contributed by atoms with Crippen molar-refractivity contribution in [3.05, 3.63) is 39.4 Å². The lowest BCUT2D eigenvalue weighted by Gasteiger charge is -2.07. The Bertz CT molecular complexity index is 513. The number of amides is 1. The Balaban J connectivity index is 2.77. The van der Waals surface area contributed by atoms with Crippen LogP contribution in [0.3, 0.4) is 0 Å². The van der Waals surface area contributed by atoms with Crippen molar-refractivity contribution < 1.29 is 23.2 Å². The molecule has 0 bridgehead atoms. The van der Waals surface area contributed by atoms with Gasteiger partial charge in [0.1, 0.15) is 11.4 Å². The van der Waals surface area contributed by atoms with E-state index in [4.69, 9.17) is 4.74 Å². The number of benzene rings is 1. The second kappa shape index (κ2) is 7.85. The minimum absolute atomic E-state index is 0.0351. The Morgan fingerprint density at radius 3 is 2.70 bits per heavy atom. The second-order valence-electron chi connectivity index (χ2n) is 3.57. The monoisotopic (exact) mass is 352 g/mol. The number of rotatable bonds is 7. The van der Waals surface area contributed by atoms with Crippen LogP contribution in [0.15, 0.2) is 12.1 Å². The summed E-state index contributed by atoms with van der Waals surface area (Å²) in [5.74, 6) is -3.72. The molecule has 1 rings (SSSR count). The van der Waals surface area contributed by atoms with Gasteiger partial charge in [-0.2, -0.15) is 4.39 Å². The maximum Gasteiger partial charge on any atom is 0.305 e. The third kappa shape index (κ3) is 4.20. The van der Waals surface area contributed by atoms with Crippen molar-refractivity contribution in [3.63, 3.8) is 0 Å². The first kappa shape index (κ1) is 16.4. The van der Waals surface area contributed by atoms with E-state index in [-0.39, 0.29) is 13.2 Å². The van der Waals surface area contributed by atoms with Crippen molar-refractivity contribution in [1.82, 2.24) is 5.32 Å². The number of halogens is 3. The van der Waals surface area contributed by atoms with Crippen molar-refractivity contribution in [1.29, 1.82) is 0 Å². The quantitative estimate of drug-likeness (QED) is 0.352. The van der Waals surface area contributed by atoms with Crippen LogP contribution in [0.4, 0.5) is 14.5 Å². The van der Waals surface area contributed by atoms with Gasteiger partial charge in [-0.1, -0.05) is 15.9 Å². The lowest BCUT2D eigenvalue weighted by atomic mass is 10.1. The normalized spacial score (nSPS) is 10.3. The molecular formula is C11H11BrF2N2O4. The van der Waals surface area contributed by atoms with E-state index in [1.54, 1.807) is 0 Å². The number of nitrogens with zero attached hydrogens (tertiary/aromatic N) is 1. The number of carbonyl (C=O) groups excluding carboxylic acids is 1. The molecule has 0 fully saturated rings. The molecular weight excluding hydrogens is 342 g/mol. The highest BCUT2D eigenvalue weighted by Crippen LogP contribution is 2.22. The molecule has 9 heteroatoms. The summed E-state index contributed by atoms with van der Waals surface area (Å²) < 4.78 is 32.1. The number of nitro groups is 1. The van der Waals surface area contributed by atoms with Crippen LogP contribution in [0.25, 0.3) is 0 Å². The fourth-order valence-corrected chi connectivity index (χ4v) is 1.60. The van der Waals surface area contributed by atoms with Gasteiger partial charge in [0.2, 0.25) is 5.82 Å². The molecule has 0 aromatic heterocycles. The van der Waals surface area contributed by atoms with Crippen molar-refractivity contribution in [2.45, 2.75) is 0 Å². The van der Waals surface area contributed by atoms with Gasteiger partial charge in [0.25, 0.3) is 5.91 Å². The SMILES string of the molecule is O=C(NCCOCCBr)c1c(F)ccc([N+](=O)[O-])c1F. The van der Waals surface area contributed by atoms with Crippen LogP contribution in [0.2, 0.25) is 0 Å². The van der Waals surface area contributed by atoms with Crippen molar-refractivity contribution in [2.75, 3.05) is 25.1 Å². The standard InChI is InChI=1S/C11H11BrF2N2O4/c12-3-5-20-6-4-15-11(17)9-7(13)1-2-8(10(9)14)16(18)19/h1-2H,3-6H2,(H,15,17). The van der Waals surface area contributed by atoms with Gasteiger partial charge in [0.05, 0.1) is 18.1 Å². The molecule has 110 valence electrons. The Hall–Kier alpha value is -1.61. The Labute approximate surface area is 121 Å². The smallest absolute Gasteiger partial charge is 0.305 e. The number of alkyl halides is 1. The first-order valence-corrected chi connectivity index (χ1v) is 6.65. The number of ether oxygens (including phenoxy) is 1. The molecule has 0 saturated carbocycles. The van der Waals surface area contributed by atoms with Crippen LogP contribution < -0.4 is 5.32 Å². The van der Waals surface area contributed by atoms with Crippen LogP contribution >= 0.6 is 15.9 Å².